The molecule has 27 heteroatoms. The molecule has 0 aliphatic rings. The number of carboxylic acid groups (broad SMARTS) is 1. The highest BCUT2D eigenvalue weighted by molar-refractivity contribution is 5.98. The molecule has 0 saturated heterocycles. The van der Waals surface area contributed by atoms with Crippen LogP contribution in [0.25, 0.3) is 0 Å². The maximum Gasteiger partial charge on any atom is 0.303 e. The molecule has 1 aromatic carbocycles. The number of hydrogen-bond donors (Lipinski definition) is 17. The number of carbonyl (C=O) groups is 10. The summed E-state index contributed by atoms with van der Waals surface area (Å²) in [4.78, 5) is 134. The van der Waals surface area contributed by atoms with Crippen LogP contribution in [0.5, 0.6) is 0 Å². The van der Waals surface area contributed by atoms with Gasteiger partial charge in [0.15, 0.2) is 17.7 Å². The van der Waals surface area contributed by atoms with E-state index in [0.29, 0.717) is 12.0 Å². The van der Waals surface area contributed by atoms with Gasteiger partial charge in [-0.1, -0.05) is 128 Å². The van der Waals surface area contributed by atoms with Gasteiger partial charge in [-0.25, -0.2) is 0 Å². The van der Waals surface area contributed by atoms with Gasteiger partial charge in [0.05, 0.1) is 18.8 Å². The fourth-order valence-electron chi connectivity index (χ4n) is 8.98. The van der Waals surface area contributed by atoms with Gasteiger partial charge < -0.3 is 80.0 Å². The van der Waals surface area contributed by atoms with Crippen molar-refractivity contribution >= 4 is 70.9 Å². The average molecular weight is 1200 g/mol. The van der Waals surface area contributed by atoms with Gasteiger partial charge >= 0.3 is 5.97 Å². The second kappa shape index (κ2) is 43.2. The van der Waals surface area contributed by atoms with Crippen molar-refractivity contribution in [1.29, 1.82) is 10.8 Å². The minimum Gasteiger partial charge on any atom is -0.481 e. The van der Waals surface area contributed by atoms with E-state index in [-0.39, 0.29) is 70.0 Å². The molecule has 1 rings (SSSR count). The summed E-state index contributed by atoms with van der Waals surface area (Å²) in [6.45, 7) is 8.40. The lowest BCUT2D eigenvalue weighted by molar-refractivity contribution is -0.138. The standard InChI is InChI=1S/C58H100N14O13/c1-7-8-9-10-11-12-13-14-15-16-17-18-22-29-46(76)71-49(39(6)75)56(85)72-48(36(2)3)55(84)69-44(34-40-25-20-19-21-26-40)53(82)68-43(28-24-33-64-58(61)62)52(81)70-45(35-73)54(83)65-37(4)50(79)67-42(27-23-32-63-57(59)60)51(80)66-41(38(5)74)30-31-47(77)78/h19-21,25-26,36-37,39,41-45,48-49,73,75H,7-18,22-24,27-35H2,1-6H3,(H,65,83)(H,66,80)(H,67,79)(H,68,82)(H,69,84)(H,70,81)(H,71,76)(H,72,85)(H,77,78)(H4,59,60,63)(H4,61,62,64)/t37-,39+,41-,42-,43-,44-,45-,48-,49-/m0/s1. The van der Waals surface area contributed by atoms with Gasteiger partial charge in [0.2, 0.25) is 47.3 Å². The van der Waals surface area contributed by atoms with Crippen molar-refractivity contribution in [3.63, 3.8) is 0 Å². The number of aliphatic carboxylic acids is 1. The lowest BCUT2D eigenvalue weighted by atomic mass is 9.99. The van der Waals surface area contributed by atoms with Crippen molar-refractivity contribution in [1.82, 2.24) is 53.2 Å². The maximum absolute atomic E-state index is 14.4. The van der Waals surface area contributed by atoms with Crippen molar-refractivity contribution in [3.05, 3.63) is 35.9 Å². The Labute approximate surface area is 500 Å². The predicted molar refractivity (Wildman–Crippen MR) is 321 cm³/mol. The molecule has 9 atom stereocenters. The summed E-state index contributed by atoms with van der Waals surface area (Å²) in [7, 11) is 0. The molecule has 19 N–H and O–H groups in total. The molecule has 0 aliphatic heterocycles. The van der Waals surface area contributed by atoms with Crippen LogP contribution in [0.2, 0.25) is 0 Å². The number of aliphatic hydroxyl groups excluding tert-OH is 2. The number of ketones is 1. The van der Waals surface area contributed by atoms with Crippen molar-refractivity contribution < 1.29 is 63.3 Å². The lowest BCUT2D eigenvalue weighted by Crippen LogP contribution is -2.61. The van der Waals surface area contributed by atoms with Gasteiger partial charge in [-0.2, -0.15) is 0 Å². The number of rotatable bonds is 46. The zero-order valence-electron chi connectivity index (χ0n) is 50.7. The molecule has 8 amide bonds. The Balaban J connectivity index is 3.25. The molecule has 0 spiro atoms. The summed E-state index contributed by atoms with van der Waals surface area (Å²) in [5, 5.41) is 70.5. The minimum atomic E-state index is -1.73. The minimum absolute atomic E-state index is 0.0583. The van der Waals surface area contributed by atoms with Gasteiger partial charge in [-0.3, -0.25) is 58.8 Å². The Bertz CT molecular complexity index is 2270. The molecule has 0 aliphatic carbocycles. The van der Waals surface area contributed by atoms with E-state index >= 15 is 0 Å². The molecule has 85 heavy (non-hydrogen) atoms. The molecular weight excluding hydrogens is 1100 g/mol. The highest BCUT2D eigenvalue weighted by atomic mass is 16.4. The van der Waals surface area contributed by atoms with E-state index in [9.17, 15) is 58.2 Å². The van der Waals surface area contributed by atoms with Crippen LogP contribution in [-0.4, -0.2) is 160 Å². The van der Waals surface area contributed by atoms with Crippen LogP contribution in [0, 0.1) is 16.7 Å². The van der Waals surface area contributed by atoms with Crippen LogP contribution in [0.15, 0.2) is 30.3 Å². The Kier molecular flexibility index (Phi) is 38.5. The Morgan fingerprint density at radius 3 is 1.39 bits per heavy atom. The maximum atomic E-state index is 14.4. The third-order valence-electron chi connectivity index (χ3n) is 14.0. The highest BCUT2D eigenvalue weighted by Crippen LogP contribution is 2.14. The Morgan fingerprint density at radius 2 is 0.929 bits per heavy atom. The van der Waals surface area contributed by atoms with Crippen molar-refractivity contribution in [2.45, 2.75) is 231 Å². The molecule has 0 bridgehead atoms. The van der Waals surface area contributed by atoms with E-state index in [1.807, 2.05) is 0 Å². The third kappa shape index (κ3) is 33.6. The van der Waals surface area contributed by atoms with E-state index in [2.05, 4.69) is 60.1 Å². The number of amides is 8. The summed E-state index contributed by atoms with van der Waals surface area (Å²) in [5.74, 6) is -9.84. The van der Waals surface area contributed by atoms with Crippen molar-refractivity contribution in [2.24, 2.45) is 17.4 Å². The van der Waals surface area contributed by atoms with E-state index in [4.69, 9.17) is 27.4 Å². The van der Waals surface area contributed by atoms with E-state index in [0.717, 1.165) is 32.6 Å². The van der Waals surface area contributed by atoms with Crippen LogP contribution in [0.4, 0.5) is 0 Å². The van der Waals surface area contributed by atoms with E-state index in [1.54, 1.807) is 44.2 Å². The number of unbranched alkanes of at least 4 members (excludes halogenated alkanes) is 12. The lowest BCUT2D eigenvalue weighted by Gasteiger charge is -2.29. The summed E-state index contributed by atoms with van der Waals surface area (Å²) in [6.07, 6.45) is 12.8. The second-order valence-corrected chi connectivity index (χ2v) is 21.9. The first kappa shape index (κ1) is 75.6. The predicted octanol–water partition coefficient (Wildman–Crippen LogP) is 0.618. The zero-order valence-corrected chi connectivity index (χ0v) is 50.7. The van der Waals surface area contributed by atoms with Crippen LogP contribution < -0.4 is 64.6 Å². The van der Waals surface area contributed by atoms with Gasteiger partial charge in [-0.05, 0) is 70.8 Å². The monoisotopic (exact) mass is 1200 g/mol. The molecule has 0 saturated carbocycles. The van der Waals surface area contributed by atoms with Gasteiger partial charge in [0, 0.05) is 32.4 Å². The molecule has 0 unspecified atom stereocenters. The quantitative estimate of drug-likeness (QED) is 0.0242. The molecule has 0 heterocycles. The molecule has 0 radical (unpaired) electrons. The van der Waals surface area contributed by atoms with E-state index in [1.165, 1.54) is 65.2 Å². The number of guanidine groups is 2. The summed E-state index contributed by atoms with van der Waals surface area (Å²) >= 11 is 0. The largest absolute Gasteiger partial charge is 0.481 e. The smallest absolute Gasteiger partial charge is 0.303 e. The fraction of sp³-hybridized carbons (Fsp3) is 0.690. The Hall–Kier alpha value is -7.42. The summed E-state index contributed by atoms with van der Waals surface area (Å²) in [6, 6.07) is -2.73. The molecule has 480 valence electrons. The fourth-order valence-corrected chi connectivity index (χ4v) is 8.98. The number of Topliss-reactive ketones (excluding diaryl/α,β-unsaturated/α-hetero) is 1. The second-order valence-electron chi connectivity index (χ2n) is 21.9. The molecule has 27 nitrogen and oxygen atoms in total. The molecule has 0 aromatic heterocycles. The van der Waals surface area contributed by atoms with Crippen molar-refractivity contribution in [3.8, 4) is 0 Å². The highest BCUT2D eigenvalue weighted by Gasteiger charge is 2.36. The van der Waals surface area contributed by atoms with Crippen LogP contribution in [0.1, 0.15) is 176 Å². The number of nitrogens with two attached hydrogens (primary N) is 2. The van der Waals surface area contributed by atoms with Crippen LogP contribution in [-0.2, 0) is 54.4 Å². The molecule has 0 fully saturated rings. The summed E-state index contributed by atoms with van der Waals surface area (Å²) in [5.41, 5.74) is 11.4. The topological polar surface area (TPSA) is 451 Å². The van der Waals surface area contributed by atoms with Crippen LogP contribution in [0.3, 0.4) is 0 Å². The normalized spacial score (nSPS) is 14.2. The number of carbonyl (C=O) groups excluding carboxylic acids is 9. The van der Waals surface area contributed by atoms with Crippen molar-refractivity contribution in [2.75, 3.05) is 19.7 Å². The first-order chi connectivity index (χ1) is 40.3. The number of carboxylic acids is 1. The third-order valence-corrected chi connectivity index (χ3v) is 14.0. The van der Waals surface area contributed by atoms with Gasteiger partial charge in [-0.15, -0.1) is 0 Å². The van der Waals surface area contributed by atoms with Gasteiger partial charge in [0.1, 0.15) is 42.3 Å². The number of benzene rings is 1. The number of nitrogens with one attached hydrogen (secondary N) is 12. The first-order valence-corrected chi connectivity index (χ1v) is 29.9. The van der Waals surface area contributed by atoms with Crippen LogP contribution >= 0.6 is 0 Å². The first-order valence-electron chi connectivity index (χ1n) is 29.9. The van der Waals surface area contributed by atoms with E-state index < -0.39 is 132 Å². The SMILES string of the molecule is CCCCCCCCCCCCCCCC(=O)N[C@H](C(=O)N[C@H](C(=O)N[C@@H](Cc1ccccc1)C(=O)N[C@@H](CCCNC(=N)N)C(=O)N[C@@H](CO)C(=O)N[C@@H](C)C(=O)N[C@@H](CCCNC(=N)N)C(=O)N[C@@H](CCC(=O)O)C(C)=O)C(C)C)[C@@H](C)O. The Morgan fingerprint density at radius 1 is 0.494 bits per heavy atom. The number of hydrogen-bond acceptors (Lipinski definition) is 14. The average Bonchev–Trinajstić information content (AvgIpc) is 3.66. The number of aliphatic hydroxyl groups is 2. The summed E-state index contributed by atoms with van der Waals surface area (Å²) < 4.78 is 0. The zero-order chi connectivity index (χ0) is 63.9. The molecule has 1 aromatic rings. The van der Waals surface area contributed by atoms with Gasteiger partial charge in [0.25, 0.3) is 0 Å². The molecular formula is C58H100N14O13.